The van der Waals surface area contributed by atoms with Crippen molar-refractivity contribution in [2.75, 3.05) is 11.9 Å². The Bertz CT molecular complexity index is 1100. The third-order valence-corrected chi connectivity index (χ3v) is 4.47. The lowest BCUT2D eigenvalue weighted by Crippen LogP contribution is -2.49. The molecule has 0 spiro atoms. The Morgan fingerprint density at radius 3 is 2.27 bits per heavy atom. The van der Waals surface area contributed by atoms with Crippen molar-refractivity contribution >= 4 is 17.6 Å². The predicted octanol–water partition coefficient (Wildman–Crippen LogP) is 4.57. The second-order valence-electron chi connectivity index (χ2n) is 7.20. The summed E-state index contributed by atoms with van der Waals surface area (Å²) in [6.45, 7) is 2.57. The Morgan fingerprint density at radius 1 is 1.06 bits per heavy atom. The van der Waals surface area contributed by atoms with Crippen molar-refractivity contribution in [3.63, 3.8) is 0 Å². The number of halogens is 3. The molecule has 0 heterocycles. The number of ether oxygens (including phenoxy) is 2. The van der Waals surface area contributed by atoms with Crippen molar-refractivity contribution in [2.45, 2.75) is 38.5 Å². The summed E-state index contributed by atoms with van der Waals surface area (Å²) in [4.78, 5) is 25.1. The summed E-state index contributed by atoms with van der Waals surface area (Å²) >= 11 is 0. The lowest BCUT2D eigenvalue weighted by Gasteiger charge is -2.28. The number of nitrogens with one attached hydrogen (secondary N) is 1. The van der Waals surface area contributed by atoms with Gasteiger partial charge in [0.25, 0.3) is 5.91 Å². The van der Waals surface area contributed by atoms with Gasteiger partial charge in [-0.1, -0.05) is 6.92 Å². The van der Waals surface area contributed by atoms with E-state index in [-0.39, 0.29) is 17.9 Å². The largest absolute Gasteiger partial charge is 0.489 e. The highest BCUT2D eigenvalue weighted by Crippen LogP contribution is 2.34. The summed E-state index contributed by atoms with van der Waals surface area (Å²) in [5, 5.41) is 20.1. The lowest BCUT2D eigenvalue weighted by atomic mass is 10.0. The standard InChI is InChI=1S/C23H20F3N3O4/c1-3-4-20(30)33-22(2,14-32-18-9-5-15(12-27)6-10-18)21(31)29-17-8-7-16(13-28)19(11-17)23(24,25)26/h5-11H,3-4,14H2,1-2H3,(H,29,31)/t22-/m0/s1. The number of esters is 1. The number of nitriles is 2. The molecule has 0 aromatic heterocycles. The van der Waals surface area contributed by atoms with E-state index < -0.39 is 41.4 Å². The summed E-state index contributed by atoms with van der Waals surface area (Å²) in [6.07, 6.45) is -4.33. The Balaban J connectivity index is 2.28. The van der Waals surface area contributed by atoms with Crippen molar-refractivity contribution in [1.29, 1.82) is 10.5 Å². The van der Waals surface area contributed by atoms with Gasteiger partial charge in [-0.3, -0.25) is 9.59 Å². The fourth-order valence-corrected chi connectivity index (χ4v) is 2.71. The summed E-state index contributed by atoms with van der Waals surface area (Å²) in [6, 6.07) is 12.1. The van der Waals surface area contributed by atoms with E-state index in [0.717, 1.165) is 12.1 Å². The molecule has 0 aliphatic rings. The van der Waals surface area contributed by atoms with Gasteiger partial charge < -0.3 is 14.8 Å². The molecule has 10 heteroatoms. The van der Waals surface area contributed by atoms with Gasteiger partial charge in [0, 0.05) is 12.1 Å². The highest BCUT2D eigenvalue weighted by atomic mass is 19.4. The van der Waals surface area contributed by atoms with Gasteiger partial charge in [-0.15, -0.1) is 0 Å². The molecule has 0 aliphatic heterocycles. The Hall–Kier alpha value is -4.05. The first kappa shape index (κ1) is 25.2. The van der Waals surface area contributed by atoms with Gasteiger partial charge in [-0.2, -0.15) is 23.7 Å². The Labute approximate surface area is 188 Å². The monoisotopic (exact) mass is 459 g/mol. The predicted molar refractivity (Wildman–Crippen MR) is 111 cm³/mol. The highest BCUT2D eigenvalue weighted by molar-refractivity contribution is 5.98. The average Bonchev–Trinajstić information content (AvgIpc) is 2.77. The van der Waals surface area contributed by atoms with Crippen LogP contribution >= 0.6 is 0 Å². The fourth-order valence-electron chi connectivity index (χ4n) is 2.71. The van der Waals surface area contributed by atoms with Crippen molar-refractivity contribution in [3.8, 4) is 17.9 Å². The number of anilines is 1. The van der Waals surface area contributed by atoms with Crippen LogP contribution in [0, 0.1) is 22.7 Å². The quantitative estimate of drug-likeness (QED) is 0.579. The number of amides is 1. The molecule has 0 radical (unpaired) electrons. The number of nitrogens with zero attached hydrogens (tertiary/aromatic N) is 2. The fraction of sp³-hybridized carbons (Fsp3) is 0.304. The van der Waals surface area contributed by atoms with E-state index in [1.807, 2.05) is 6.07 Å². The molecule has 1 atom stereocenters. The average molecular weight is 459 g/mol. The molecule has 1 amide bonds. The minimum Gasteiger partial charge on any atom is -0.489 e. The van der Waals surface area contributed by atoms with Gasteiger partial charge in [0.05, 0.1) is 28.8 Å². The van der Waals surface area contributed by atoms with E-state index in [9.17, 15) is 22.8 Å². The molecule has 2 aromatic carbocycles. The molecule has 172 valence electrons. The normalized spacial score (nSPS) is 12.6. The molecule has 0 fully saturated rings. The van der Waals surface area contributed by atoms with E-state index in [1.165, 1.54) is 37.3 Å². The summed E-state index contributed by atoms with van der Waals surface area (Å²) in [5.41, 5.74) is -3.53. The maximum atomic E-state index is 13.2. The highest BCUT2D eigenvalue weighted by Gasteiger charge is 2.39. The molecule has 2 aromatic rings. The van der Waals surface area contributed by atoms with E-state index in [2.05, 4.69) is 5.32 Å². The Morgan fingerprint density at radius 2 is 1.73 bits per heavy atom. The molecule has 7 nitrogen and oxygen atoms in total. The van der Waals surface area contributed by atoms with Crippen LogP contribution in [0.1, 0.15) is 43.4 Å². The molecule has 2 rings (SSSR count). The van der Waals surface area contributed by atoms with Gasteiger partial charge >= 0.3 is 12.1 Å². The first-order chi connectivity index (χ1) is 15.5. The summed E-state index contributed by atoms with van der Waals surface area (Å²) in [5.74, 6) is -1.31. The van der Waals surface area contributed by atoms with Gasteiger partial charge in [0.15, 0.2) is 0 Å². The summed E-state index contributed by atoms with van der Waals surface area (Å²) in [7, 11) is 0. The Kier molecular flexibility index (Phi) is 8.03. The van der Waals surface area contributed by atoms with Crippen LogP contribution in [0.3, 0.4) is 0 Å². The van der Waals surface area contributed by atoms with E-state index in [1.54, 1.807) is 6.92 Å². The topological polar surface area (TPSA) is 112 Å². The molecule has 0 saturated carbocycles. The zero-order valence-electron chi connectivity index (χ0n) is 17.8. The lowest BCUT2D eigenvalue weighted by molar-refractivity contribution is -0.167. The first-order valence-electron chi connectivity index (χ1n) is 9.80. The van der Waals surface area contributed by atoms with Crippen LogP contribution in [0.4, 0.5) is 18.9 Å². The van der Waals surface area contributed by atoms with Gasteiger partial charge in [0.1, 0.15) is 12.4 Å². The van der Waals surface area contributed by atoms with Gasteiger partial charge in [-0.05, 0) is 55.8 Å². The molecule has 0 bridgehead atoms. The number of carbonyl (C=O) groups is 2. The number of alkyl halides is 3. The second-order valence-corrected chi connectivity index (χ2v) is 7.20. The molecular weight excluding hydrogens is 439 g/mol. The maximum Gasteiger partial charge on any atom is 0.417 e. The van der Waals surface area contributed by atoms with Crippen LogP contribution in [0.5, 0.6) is 5.75 Å². The van der Waals surface area contributed by atoms with Crippen molar-refractivity contribution in [1.82, 2.24) is 0 Å². The van der Waals surface area contributed by atoms with E-state index in [0.29, 0.717) is 18.1 Å². The number of benzene rings is 2. The third-order valence-electron chi connectivity index (χ3n) is 4.47. The van der Waals surface area contributed by atoms with Crippen LogP contribution in [-0.4, -0.2) is 24.1 Å². The smallest absolute Gasteiger partial charge is 0.417 e. The van der Waals surface area contributed by atoms with Crippen LogP contribution in [0.15, 0.2) is 42.5 Å². The number of hydrogen-bond acceptors (Lipinski definition) is 6. The number of hydrogen-bond donors (Lipinski definition) is 1. The molecule has 33 heavy (non-hydrogen) atoms. The molecule has 0 aliphatic carbocycles. The number of rotatable bonds is 8. The molecule has 0 saturated heterocycles. The molecule has 1 N–H and O–H groups in total. The zero-order chi connectivity index (χ0) is 24.6. The zero-order valence-corrected chi connectivity index (χ0v) is 17.8. The van der Waals surface area contributed by atoms with Crippen LogP contribution in [0.2, 0.25) is 0 Å². The van der Waals surface area contributed by atoms with Gasteiger partial charge in [-0.25, -0.2) is 0 Å². The molecular formula is C23H20F3N3O4. The minimum absolute atomic E-state index is 0.0226. The van der Waals surface area contributed by atoms with Crippen LogP contribution < -0.4 is 10.1 Å². The van der Waals surface area contributed by atoms with Gasteiger partial charge in [0.2, 0.25) is 5.60 Å². The third kappa shape index (κ3) is 6.71. The van der Waals surface area contributed by atoms with Crippen LogP contribution in [0.25, 0.3) is 0 Å². The van der Waals surface area contributed by atoms with Crippen molar-refractivity contribution < 1.29 is 32.2 Å². The SMILES string of the molecule is CCCC(=O)O[C@@](C)(COc1ccc(C#N)cc1)C(=O)Nc1ccc(C#N)c(C(F)(F)F)c1. The maximum absolute atomic E-state index is 13.2. The second kappa shape index (κ2) is 10.5. The minimum atomic E-state index is -4.80. The number of carbonyl (C=O) groups excluding carboxylic acids is 2. The van der Waals surface area contributed by atoms with Crippen LogP contribution in [-0.2, 0) is 20.5 Å². The van der Waals surface area contributed by atoms with E-state index >= 15 is 0 Å². The summed E-state index contributed by atoms with van der Waals surface area (Å²) < 4.78 is 50.6. The van der Waals surface area contributed by atoms with Crippen molar-refractivity contribution in [3.05, 3.63) is 59.2 Å². The van der Waals surface area contributed by atoms with E-state index in [4.69, 9.17) is 20.0 Å². The molecule has 0 unspecified atom stereocenters. The van der Waals surface area contributed by atoms with Crippen molar-refractivity contribution in [2.24, 2.45) is 0 Å². The first-order valence-corrected chi connectivity index (χ1v) is 9.80.